The van der Waals surface area contributed by atoms with Gasteiger partial charge in [-0.15, -0.1) is 0 Å². The van der Waals surface area contributed by atoms with E-state index in [9.17, 15) is 22.8 Å². The minimum Gasteiger partial charge on any atom is -0.371 e. The van der Waals surface area contributed by atoms with Crippen molar-refractivity contribution in [2.75, 3.05) is 18.0 Å². The van der Waals surface area contributed by atoms with Gasteiger partial charge in [0.15, 0.2) is 6.29 Å². The molecule has 1 aromatic carbocycles. The normalized spacial score (nSPS) is 16.8. The van der Waals surface area contributed by atoms with Crippen molar-refractivity contribution < 1.29 is 22.8 Å². The molecule has 2 rings (SSSR count). The zero-order chi connectivity index (χ0) is 15.5. The third-order valence-electron chi connectivity index (χ3n) is 3.87. The van der Waals surface area contributed by atoms with Crippen LogP contribution in [0.2, 0.25) is 0 Å². The van der Waals surface area contributed by atoms with E-state index in [1.165, 1.54) is 6.07 Å². The summed E-state index contributed by atoms with van der Waals surface area (Å²) in [5.74, 6) is 0.282. The first-order valence-corrected chi connectivity index (χ1v) is 6.80. The van der Waals surface area contributed by atoms with Crippen molar-refractivity contribution in [3.05, 3.63) is 29.3 Å². The fourth-order valence-electron chi connectivity index (χ4n) is 2.64. The summed E-state index contributed by atoms with van der Waals surface area (Å²) < 4.78 is 38.4. The van der Waals surface area contributed by atoms with Gasteiger partial charge >= 0.3 is 6.18 Å². The van der Waals surface area contributed by atoms with E-state index in [0.29, 0.717) is 31.5 Å². The molecule has 1 heterocycles. The molecule has 1 fully saturated rings. The minimum atomic E-state index is -4.42. The topological polar surface area (TPSA) is 37.4 Å². The number of halogens is 3. The Morgan fingerprint density at radius 2 is 1.86 bits per heavy atom. The molecule has 0 aromatic heterocycles. The highest BCUT2D eigenvalue weighted by Gasteiger charge is 2.32. The maximum absolute atomic E-state index is 12.8. The molecule has 3 nitrogen and oxygen atoms in total. The number of hydrogen-bond donors (Lipinski definition) is 0. The Balaban J connectivity index is 2.22. The fourth-order valence-corrected chi connectivity index (χ4v) is 2.64. The molecular weight excluding hydrogens is 283 g/mol. The number of piperidine rings is 1. The quantitative estimate of drug-likeness (QED) is 0.800. The first-order valence-electron chi connectivity index (χ1n) is 6.80. The average Bonchev–Trinajstić information content (AvgIpc) is 2.47. The van der Waals surface area contributed by atoms with Gasteiger partial charge in [0.2, 0.25) is 0 Å². The van der Waals surface area contributed by atoms with Crippen LogP contribution in [0.4, 0.5) is 18.9 Å². The number of benzene rings is 1. The van der Waals surface area contributed by atoms with Crippen LogP contribution in [0.15, 0.2) is 18.2 Å². The van der Waals surface area contributed by atoms with E-state index in [1.807, 2.05) is 0 Å². The summed E-state index contributed by atoms with van der Waals surface area (Å²) >= 11 is 0. The highest BCUT2D eigenvalue weighted by atomic mass is 19.4. The van der Waals surface area contributed by atoms with Crippen LogP contribution in [0.3, 0.4) is 0 Å². The van der Waals surface area contributed by atoms with Gasteiger partial charge in [-0.3, -0.25) is 4.79 Å². The summed E-state index contributed by atoms with van der Waals surface area (Å²) in [6.45, 7) is 1.11. The molecule has 1 aliphatic rings. The van der Waals surface area contributed by atoms with Gasteiger partial charge in [0.1, 0.15) is 6.29 Å². The lowest BCUT2D eigenvalue weighted by molar-refractivity contribution is -0.137. The first-order chi connectivity index (χ1) is 9.95. The molecule has 0 amide bonds. The van der Waals surface area contributed by atoms with Gasteiger partial charge < -0.3 is 9.69 Å². The first kappa shape index (κ1) is 15.5. The van der Waals surface area contributed by atoms with Gasteiger partial charge in [-0.05, 0) is 37.0 Å². The van der Waals surface area contributed by atoms with Gasteiger partial charge in [-0.2, -0.15) is 13.2 Å². The van der Waals surface area contributed by atoms with E-state index >= 15 is 0 Å². The molecule has 0 saturated carbocycles. The molecular formula is C15H16F3NO2. The van der Waals surface area contributed by atoms with E-state index in [2.05, 4.69) is 0 Å². The van der Waals surface area contributed by atoms with Crippen LogP contribution in [-0.4, -0.2) is 25.7 Å². The molecule has 0 aliphatic carbocycles. The zero-order valence-electron chi connectivity index (χ0n) is 11.4. The van der Waals surface area contributed by atoms with E-state index < -0.39 is 11.7 Å². The zero-order valence-corrected chi connectivity index (χ0v) is 11.4. The monoisotopic (exact) mass is 299 g/mol. The predicted molar refractivity (Wildman–Crippen MR) is 72.4 cm³/mol. The van der Waals surface area contributed by atoms with E-state index in [-0.39, 0.29) is 11.5 Å². The van der Waals surface area contributed by atoms with Crippen LogP contribution in [0.25, 0.3) is 0 Å². The third-order valence-corrected chi connectivity index (χ3v) is 3.87. The molecule has 1 saturated heterocycles. The van der Waals surface area contributed by atoms with Crippen LogP contribution < -0.4 is 4.90 Å². The van der Waals surface area contributed by atoms with E-state index in [0.717, 1.165) is 31.3 Å². The van der Waals surface area contributed by atoms with E-state index in [1.54, 1.807) is 4.90 Å². The highest BCUT2D eigenvalue weighted by Crippen LogP contribution is 2.34. The number of nitrogens with zero attached hydrogens (tertiary/aromatic N) is 1. The molecule has 1 aliphatic heterocycles. The van der Waals surface area contributed by atoms with E-state index in [4.69, 9.17) is 0 Å². The van der Waals surface area contributed by atoms with Crippen molar-refractivity contribution in [3.8, 4) is 0 Å². The number of alkyl halides is 3. The highest BCUT2D eigenvalue weighted by molar-refractivity contribution is 5.85. The molecule has 0 spiro atoms. The molecule has 0 N–H and O–H groups in total. The van der Waals surface area contributed by atoms with Crippen molar-refractivity contribution in [1.29, 1.82) is 0 Å². The summed E-state index contributed by atoms with van der Waals surface area (Å²) in [5, 5.41) is 0. The lowest BCUT2D eigenvalue weighted by Gasteiger charge is -2.34. The molecule has 0 bridgehead atoms. The van der Waals surface area contributed by atoms with Crippen molar-refractivity contribution >= 4 is 18.3 Å². The maximum atomic E-state index is 12.8. The molecule has 1 aromatic rings. The molecule has 0 atom stereocenters. The third kappa shape index (κ3) is 3.62. The Hall–Kier alpha value is -1.85. The van der Waals surface area contributed by atoms with Crippen LogP contribution in [-0.2, 0) is 11.0 Å². The molecule has 0 unspecified atom stereocenters. The largest absolute Gasteiger partial charge is 0.416 e. The summed E-state index contributed by atoms with van der Waals surface area (Å²) in [6.07, 6.45) is -1.00. The van der Waals surface area contributed by atoms with Gasteiger partial charge in [-0.25, -0.2) is 0 Å². The second-order valence-electron chi connectivity index (χ2n) is 5.22. The van der Waals surface area contributed by atoms with Crippen molar-refractivity contribution in [2.24, 2.45) is 5.92 Å². The Morgan fingerprint density at radius 1 is 1.19 bits per heavy atom. The predicted octanol–water partition coefficient (Wildman–Crippen LogP) is 3.32. The maximum Gasteiger partial charge on any atom is 0.416 e. The average molecular weight is 299 g/mol. The Bertz CT molecular complexity index is 520. The Kier molecular flexibility index (Phi) is 4.65. The van der Waals surface area contributed by atoms with Gasteiger partial charge in [-0.1, -0.05) is 0 Å². The van der Waals surface area contributed by atoms with Crippen molar-refractivity contribution in [1.82, 2.24) is 0 Å². The number of carbonyl (C=O) groups is 2. The second-order valence-corrected chi connectivity index (χ2v) is 5.22. The summed E-state index contributed by atoms with van der Waals surface area (Å²) in [7, 11) is 0. The minimum absolute atomic E-state index is 0.261. The second kappa shape index (κ2) is 6.28. The van der Waals surface area contributed by atoms with Gasteiger partial charge in [0.25, 0.3) is 0 Å². The summed E-state index contributed by atoms with van der Waals surface area (Å²) in [4.78, 5) is 23.3. The summed E-state index contributed by atoms with van der Waals surface area (Å²) in [6, 6.07) is 3.17. The fraction of sp³-hybridized carbons (Fsp3) is 0.467. The smallest absolute Gasteiger partial charge is 0.371 e. The molecule has 114 valence electrons. The Labute approximate surface area is 120 Å². The number of carbonyl (C=O) groups excluding carboxylic acids is 2. The number of hydrogen-bond acceptors (Lipinski definition) is 3. The standard InChI is InChI=1S/C15H16F3NO2/c16-15(17,18)13-2-1-12(10-21)14(9-13)19-6-3-11(4-7-19)5-8-20/h1-2,8-11H,3-7H2. The number of aldehydes is 2. The molecule has 0 radical (unpaired) electrons. The van der Waals surface area contributed by atoms with Gasteiger partial charge in [0.05, 0.1) is 5.56 Å². The lowest BCUT2D eigenvalue weighted by atomic mass is 9.93. The van der Waals surface area contributed by atoms with Gasteiger partial charge in [0, 0.05) is 30.8 Å². The van der Waals surface area contributed by atoms with Crippen LogP contribution in [0.1, 0.15) is 35.2 Å². The number of rotatable bonds is 4. The lowest BCUT2D eigenvalue weighted by Crippen LogP contribution is -2.34. The SMILES string of the molecule is O=CCC1CCN(c2cc(C(F)(F)F)ccc2C=O)CC1. The molecule has 6 heteroatoms. The van der Waals surface area contributed by atoms with Crippen LogP contribution in [0, 0.1) is 5.92 Å². The summed E-state index contributed by atoms with van der Waals surface area (Å²) in [5.41, 5.74) is -0.167. The Morgan fingerprint density at radius 3 is 2.38 bits per heavy atom. The molecule has 21 heavy (non-hydrogen) atoms. The van der Waals surface area contributed by atoms with Crippen molar-refractivity contribution in [3.63, 3.8) is 0 Å². The number of anilines is 1. The van der Waals surface area contributed by atoms with Crippen LogP contribution >= 0.6 is 0 Å². The van der Waals surface area contributed by atoms with Crippen LogP contribution in [0.5, 0.6) is 0 Å². The van der Waals surface area contributed by atoms with Crippen molar-refractivity contribution in [2.45, 2.75) is 25.4 Å².